The lowest BCUT2D eigenvalue weighted by Crippen LogP contribution is -2.17. The maximum Gasteiger partial charge on any atom is 0.0826 e. The molecule has 9 aromatic rings. The third-order valence-corrected chi connectivity index (χ3v) is 11.7. The molecule has 0 atom stereocenters. The summed E-state index contributed by atoms with van der Waals surface area (Å²) in [7, 11) is 0. The van der Waals surface area contributed by atoms with E-state index in [-0.39, 0.29) is 10.8 Å². The van der Waals surface area contributed by atoms with Gasteiger partial charge in [0.15, 0.2) is 0 Å². The zero-order chi connectivity index (χ0) is 32.5. The van der Waals surface area contributed by atoms with Gasteiger partial charge in [0, 0.05) is 44.0 Å². The van der Waals surface area contributed by atoms with Crippen molar-refractivity contribution in [1.82, 2.24) is 9.38 Å². The second-order valence-corrected chi connectivity index (χ2v) is 15.8. The summed E-state index contributed by atoms with van der Waals surface area (Å²) in [6.07, 6.45) is 0. The summed E-state index contributed by atoms with van der Waals surface area (Å²) in [5.41, 5.74) is 17.1. The molecule has 0 radical (unpaired) electrons. The summed E-state index contributed by atoms with van der Waals surface area (Å²) in [4.78, 5) is 7.25. The lowest BCUT2D eigenvalue weighted by atomic mass is 9.82. The van der Waals surface area contributed by atoms with E-state index < -0.39 is 0 Å². The van der Waals surface area contributed by atoms with E-state index in [2.05, 4.69) is 159 Å². The highest BCUT2D eigenvalue weighted by Crippen LogP contribution is 2.51. The third-order valence-electron chi connectivity index (χ3n) is 10.8. The molecule has 48 heavy (non-hydrogen) atoms. The average Bonchev–Trinajstić information content (AvgIpc) is 3.83. The summed E-state index contributed by atoms with van der Waals surface area (Å²) < 4.78 is 3.72. The molecule has 0 unspecified atom stereocenters. The van der Waals surface area contributed by atoms with E-state index in [1.807, 2.05) is 5.51 Å². The minimum Gasteiger partial charge on any atom is -0.310 e. The molecular weight excluding hydrogens is 603 g/mol. The molecule has 0 N–H and O–H groups in total. The number of nitrogens with zero attached hydrogens (tertiary/aromatic N) is 3. The van der Waals surface area contributed by atoms with E-state index >= 15 is 0 Å². The quantitative estimate of drug-likeness (QED) is 0.192. The van der Waals surface area contributed by atoms with Crippen molar-refractivity contribution in [1.29, 1.82) is 0 Å². The van der Waals surface area contributed by atoms with E-state index in [1.54, 1.807) is 11.3 Å². The maximum absolute atomic E-state index is 4.80. The van der Waals surface area contributed by atoms with Gasteiger partial charge in [-0.05, 0) is 87.8 Å². The van der Waals surface area contributed by atoms with Crippen LogP contribution in [0.15, 0.2) is 121 Å². The molecule has 6 aromatic carbocycles. The fourth-order valence-corrected chi connectivity index (χ4v) is 9.22. The minimum atomic E-state index is -0.0837. The Morgan fingerprint density at radius 1 is 0.646 bits per heavy atom. The zero-order valence-corrected chi connectivity index (χ0v) is 28.6. The zero-order valence-electron chi connectivity index (χ0n) is 27.8. The highest BCUT2D eigenvalue weighted by atomic mass is 32.1. The smallest absolute Gasteiger partial charge is 0.0826 e. The van der Waals surface area contributed by atoms with Crippen LogP contribution in [0.2, 0.25) is 0 Å². The van der Waals surface area contributed by atoms with E-state index in [1.165, 1.54) is 76.3 Å². The summed E-state index contributed by atoms with van der Waals surface area (Å²) >= 11 is 1.74. The van der Waals surface area contributed by atoms with Gasteiger partial charge in [-0.1, -0.05) is 95.3 Å². The van der Waals surface area contributed by atoms with Crippen LogP contribution in [0.5, 0.6) is 0 Å². The Morgan fingerprint density at radius 2 is 1.33 bits per heavy atom. The molecule has 3 aromatic heterocycles. The lowest BCUT2D eigenvalue weighted by molar-refractivity contribution is 0.590. The van der Waals surface area contributed by atoms with Gasteiger partial charge in [0.25, 0.3) is 0 Å². The van der Waals surface area contributed by atoms with Crippen LogP contribution in [-0.4, -0.2) is 9.38 Å². The molecule has 3 heterocycles. The van der Waals surface area contributed by atoms with Gasteiger partial charge in [0.05, 0.1) is 32.3 Å². The van der Waals surface area contributed by atoms with E-state index in [0.717, 1.165) is 16.9 Å². The molecule has 0 bridgehead atoms. The third kappa shape index (κ3) is 3.67. The van der Waals surface area contributed by atoms with Crippen LogP contribution in [0, 0.1) is 0 Å². The standard InChI is InChI=1S/C44H35N3S/c1-43(2,3)26-14-16-27(17-15-26)46(29-18-20-31-30-10-6-8-12-35(30)44(4,5)36(31)23-29)28-19-21-39-34(22-28)40-41-33(24-37-42(40)48-25-45-37)32-11-7-9-13-38(32)47(39)41/h6-25H,1-5H3. The molecule has 0 spiro atoms. The SMILES string of the molecule is CC(C)(C)c1ccc(N(c2ccc3c(c2)C(C)(C)c2ccccc2-3)c2ccc3c(c2)c2c4scnc4cc4c5ccccc5n3c42)cc1. The van der Waals surface area contributed by atoms with Crippen molar-refractivity contribution in [3.63, 3.8) is 0 Å². The molecule has 3 nitrogen and oxygen atoms in total. The lowest BCUT2D eigenvalue weighted by Gasteiger charge is -2.29. The summed E-state index contributed by atoms with van der Waals surface area (Å²) in [5.74, 6) is 0. The number of thiazole rings is 1. The number of anilines is 3. The molecule has 0 saturated heterocycles. The number of hydrogen-bond donors (Lipinski definition) is 0. The van der Waals surface area contributed by atoms with Crippen LogP contribution in [0.25, 0.3) is 59.4 Å². The summed E-state index contributed by atoms with van der Waals surface area (Å²) in [5, 5.41) is 5.11. The molecule has 0 aliphatic heterocycles. The Kier molecular flexibility index (Phi) is 5.49. The van der Waals surface area contributed by atoms with Gasteiger partial charge < -0.3 is 9.30 Å². The fourth-order valence-electron chi connectivity index (χ4n) is 8.39. The van der Waals surface area contributed by atoms with Gasteiger partial charge in [0.2, 0.25) is 0 Å². The van der Waals surface area contributed by atoms with Crippen molar-refractivity contribution in [2.24, 2.45) is 0 Å². The van der Waals surface area contributed by atoms with Gasteiger partial charge in [-0.2, -0.15) is 0 Å². The first-order valence-corrected chi connectivity index (χ1v) is 17.7. The molecule has 1 aliphatic carbocycles. The predicted octanol–water partition coefficient (Wildman–Crippen LogP) is 12.5. The Hall–Kier alpha value is -5.19. The van der Waals surface area contributed by atoms with Crippen LogP contribution >= 0.6 is 11.3 Å². The van der Waals surface area contributed by atoms with Crippen LogP contribution in [0.4, 0.5) is 17.1 Å². The van der Waals surface area contributed by atoms with Gasteiger partial charge in [-0.15, -0.1) is 11.3 Å². The first kappa shape index (κ1) is 27.9. The van der Waals surface area contributed by atoms with Crippen LogP contribution < -0.4 is 4.90 Å². The second kappa shape index (κ2) is 9.46. The molecule has 1 aliphatic rings. The second-order valence-electron chi connectivity index (χ2n) is 14.9. The van der Waals surface area contributed by atoms with Crippen molar-refractivity contribution in [2.75, 3.05) is 4.90 Å². The Morgan fingerprint density at radius 3 is 2.17 bits per heavy atom. The van der Waals surface area contributed by atoms with Crippen molar-refractivity contribution in [2.45, 2.75) is 45.4 Å². The van der Waals surface area contributed by atoms with Crippen LogP contribution in [-0.2, 0) is 10.8 Å². The number of para-hydroxylation sites is 1. The highest BCUT2D eigenvalue weighted by molar-refractivity contribution is 7.18. The van der Waals surface area contributed by atoms with E-state index in [4.69, 9.17) is 4.98 Å². The molecule has 0 fully saturated rings. The van der Waals surface area contributed by atoms with Crippen molar-refractivity contribution >= 4 is 76.7 Å². The Labute approximate surface area is 284 Å². The van der Waals surface area contributed by atoms with Crippen LogP contribution in [0.3, 0.4) is 0 Å². The Balaban J connectivity index is 1.25. The first-order valence-electron chi connectivity index (χ1n) is 16.8. The summed E-state index contributed by atoms with van der Waals surface area (Å²) in [6, 6.07) is 43.2. The molecular formula is C44H35N3S. The van der Waals surface area contributed by atoms with E-state index in [0.29, 0.717) is 0 Å². The number of aromatic nitrogens is 2. The van der Waals surface area contributed by atoms with Gasteiger partial charge >= 0.3 is 0 Å². The molecule has 0 amide bonds. The maximum atomic E-state index is 4.80. The minimum absolute atomic E-state index is 0.0787. The van der Waals surface area contributed by atoms with Crippen molar-refractivity contribution < 1.29 is 0 Å². The topological polar surface area (TPSA) is 20.5 Å². The van der Waals surface area contributed by atoms with Gasteiger partial charge in [-0.3, -0.25) is 0 Å². The van der Waals surface area contributed by atoms with E-state index in [9.17, 15) is 0 Å². The number of fused-ring (bicyclic) bond motifs is 11. The average molecular weight is 638 g/mol. The Bertz CT molecular complexity index is 2740. The number of rotatable bonds is 3. The fraction of sp³-hybridized carbons (Fsp3) is 0.159. The highest BCUT2D eigenvalue weighted by Gasteiger charge is 2.36. The molecule has 4 heteroatoms. The normalized spacial score (nSPS) is 14.1. The van der Waals surface area contributed by atoms with Crippen molar-refractivity contribution in [3.8, 4) is 11.1 Å². The molecule has 0 saturated carbocycles. The first-order chi connectivity index (χ1) is 23.2. The van der Waals surface area contributed by atoms with Gasteiger partial charge in [-0.25, -0.2) is 4.98 Å². The summed E-state index contributed by atoms with van der Waals surface area (Å²) in [6.45, 7) is 11.6. The van der Waals surface area contributed by atoms with Gasteiger partial charge in [0.1, 0.15) is 0 Å². The molecule has 10 rings (SSSR count). The largest absolute Gasteiger partial charge is 0.310 e. The number of hydrogen-bond acceptors (Lipinski definition) is 3. The number of benzene rings is 6. The van der Waals surface area contributed by atoms with Crippen LogP contribution in [0.1, 0.15) is 51.3 Å². The molecule has 232 valence electrons. The predicted molar refractivity (Wildman–Crippen MR) is 205 cm³/mol. The monoisotopic (exact) mass is 637 g/mol. The van der Waals surface area contributed by atoms with Crippen molar-refractivity contribution in [3.05, 3.63) is 137 Å².